The molecule has 0 atom stereocenters. The van der Waals surface area contributed by atoms with Crippen LogP contribution in [0.2, 0.25) is 5.02 Å². The van der Waals surface area contributed by atoms with Gasteiger partial charge in [0.15, 0.2) is 0 Å². The van der Waals surface area contributed by atoms with E-state index in [1.54, 1.807) is 18.3 Å². The molecule has 1 fully saturated rings. The lowest BCUT2D eigenvalue weighted by Gasteiger charge is -2.35. The molecule has 1 aliphatic rings. The fraction of sp³-hybridized carbons (Fsp3) is 0.261. The molecule has 9 heteroatoms. The number of carbonyl (C=O) groups excluding carboxylic acids is 1. The van der Waals surface area contributed by atoms with Crippen molar-refractivity contribution in [2.45, 2.75) is 13.5 Å². The van der Waals surface area contributed by atoms with Gasteiger partial charge >= 0.3 is 0 Å². The number of rotatable bonds is 4. The van der Waals surface area contributed by atoms with E-state index in [-0.39, 0.29) is 11.7 Å². The summed E-state index contributed by atoms with van der Waals surface area (Å²) in [7, 11) is 0. The number of aryl methyl sites for hydroxylation is 1. The predicted molar refractivity (Wildman–Crippen MR) is 125 cm³/mol. The fourth-order valence-electron chi connectivity index (χ4n) is 3.94. The summed E-state index contributed by atoms with van der Waals surface area (Å²) in [5.41, 5.74) is 1.85. The number of hydrogen-bond donors (Lipinski definition) is 0. The number of anilines is 1. The topological polar surface area (TPSA) is 54.3 Å². The SMILES string of the molecule is Cc1nn(Cc2ccc(F)cc2)c2sc(C(=O)N3CCN(c4ccc(Cl)cn4)CC3)cc12. The van der Waals surface area contributed by atoms with Gasteiger partial charge in [0, 0.05) is 37.8 Å². The first-order valence-corrected chi connectivity index (χ1v) is 11.5. The van der Waals surface area contributed by atoms with Gasteiger partial charge in [0.05, 0.1) is 22.1 Å². The first kappa shape index (κ1) is 20.9. The van der Waals surface area contributed by atoms with Gasteiger partial charge in [-0.05, 0) is 42.8 Å². The highest BCUT2D eigenvalue weighted by molar-refractivity contribution is 7.20. The molecule has 5 rings (SSSR count). The second-order valence-corrected chi connectivity index (χ2v) is 9.28. The summed E-state index contributed by atoms with van der Waals surface area (Å²) in [6, 6.07) is 12.1. The first-order chi connectivity index (χ1) is 15.5. The molecule has 1 aliphatic heterocycles. The molecule has 164 valence electrons. The third kappa shape index (κ3) is 4.08. The van der Waals surface area contributed by atoms with Crippen molar-refractivity contribution in [2.75, 3.05) is 31.1 Å². The molecule has 0 unspecified atom stereocenters. The first-order valence-electron chi connectivity index (χ1n) is 10.3. The number of pyridine rings is 1. The molecule has 0 N–H and O–H groups in total. The third-order valence-electron chi connectivity index (χ3n) is 5.67. The number of piperazine rings is 1. The molecule has 4 heterocycles. The highest BCUT2D eigenvalue weighted by Gasteiger charge is 2.25. The molecule has 0 radical (unpaired) electrons. The minimum absolute atomic E-state index is 0.0441. The lowest BCUT2D eigenvalue weighted by atomic mass is 10.2. The number of halogens is 2. The molecule has 0 saturated carbocycles. The predicted octanol–water partition coefficient (Wildman–Crippen LogP) is 4.60. The number of thiophene rings is 1. The number of carbonyl (C=O) groups is 1. The smallest absolute Gasteiger partial charge is 0.264 e. The fourth-order valence-corrected chi connectivity index (χ4v) is 5.18. The zero-order valence-corrected chi connectivity index (χ0v) is 19.0. The molecule has 6 nitrogen and oxygen atoms in total. The molecule has 1 amide bonds. The molecule has 1 saturated heterocycles. The highest BCUT2D eigenvalue weighted by Crippen LogP contribution is 2.30. The zero-order valence-electron chi connectivity index (χ0n) is 17.5. The van der Waals surface area contributed by atoms with E-state index in [9.17, 15) is 9.18 Å². The number of benzene rings is 1. The van der Waals surface area contributed by atoms with Crippen molar-refractivity contribution in [1.82, 2.24) is 19.7 Å². The van der Waals surface area contributed by atoms with Crippen LogP contribution in [0.3, 0.4) is 0 Å². The van der Waals surface area contributed by atoms with Crippen LogP contribution in [0.15, 0.2) is 48.7 Å². The van der Waals surface area contributed by atoms with Crippen LogP contribution in [0.1, 0.15) is 20.9 Å². The summed E-state index contributed by atoms with van der Waals surface area (Å²) >= 11 is 7.39. The minimum Gasteiger partial charge on any atom is -0.353 e. The maximum absolute atomic E-state index is 13.2. The Bertz CT molecular complexity index is 1260. The van der Waals surface area contributed by atoms with Crippen molar-refractivity contribution in [2.24, 2.45) is 0 Å². The largest absolute Gasteiger partial charge is 0.353 e. The lowest BCUT2D eigenvalue weighted by Crippen LogP contribution is -2.48. The van der Waals surface area contributed by atoms with Gasteiger partial charge < -0.3 is 9.80 Å². The average Bonchev–Trinajstić information content (AvgIpc) is 3.37. The van der Waals surface area contributed by atoms with Crippen LogP contribution in [-0.4, -0.2) is 51.8 Å². The monoisotopic (exact) mass is 469 g/mol. The minimum atomic E-state index is -0.258. The maximum atomic E-state index is 13.2. The summed E-state index contributed by atoms with van der Waals surface area (Å²) in [5.74, 6) is 0.661. The molecule has 4 aromatic rings. The Labute approximate surface area is 193 Å². The van der Waals surface area contributed by atoms with E-state index in [0.717, 1.165) is 40.4 Å². The van der Waals surface area contributed by atoms with Crippen LogP contribution in [-0.2, 0) is 6.54 Å². The van der Waals surface area contributed by atoms with Gasteiger partial charge in [0.2, 0.25) is 0 Å². The number of aromatic nitrogens is 3. The zero-order chi connectivity index (χ0) is 22.2. The average molecular weight is 470 g/mol. The van der Waals surface area contributed by atoms with Gasteiger partial charge in [0.1, 0.15) is 16.5 Å². The second kappa shape index (κ2) is 8.52. The van der Waals surface area contributed by atoms with Crippen molar-refractivity contribution in [3.63, 3.8) is 0 Å². The van der Waals surface area contributed by atoms with Gasteiger partial charge in [-0.2, -0.15) is 5.10 Å². The van der Waals surface area contributed by atoms with E-state index in [2.05, 4.69) is 15.0 Å². The molecular weight excluding hydrogens is 449 g/mol. The molecule has 1 aromatic carbocycles. The van der Waals surface area contributed by atoms with E-state index >= 15 is 0 Å². The van der Waals surface area contributed by atoms with Gasteiger partial charge in [-0.25, -0.2) is 9.37 Å². The quantitative estimate of drug-likeness (QED) is 0.438. The standard InChI is InChI=1S/C23H21ClFN5OS/c1-15-19-12-20(32-23(19)30(27-15)14-16-2-5-18(25)6-3-16)22(31)29-10-8-28(9-11-29)21-7-4-17(24)13-26-21/h2-7,12-13H,8-11,14H2,1H3. The molecule has 0 spiro atoms. The third-order valence-corrected chi connectivity index (χ3v) is 7.03. The van der Waals surface area contributed by atoms with Crippen LogP contribution in [0.25, 0.3) is 10.2 Å². The van der Waals surface area contributed by atoms with Gasteiger partial charge in [0.25, 0.3) is 5.91 Å². The van der Waals surface area contributed by atoms with Gasteiger partial charge in [-0.15, -0.1) is 11.3 Å². The van der Waals surface area contributed by atoms with E-state index in [4.69, 9.17) is 11.6 Å². The number of hydrogen-bond acceptors (Lipinski definition) is 5. The van der Waals surface area contributed by atoms with Gasteiger partial charge in [-0.3, -0.25) is 9.48 Å². The Morgan fingerprint density at radius 1 is 1.12 bits per heavy atom. The summed E-state index contributed by atoms with van der Waals surface area (Å²) < 4.78 is 15.1. The number of amides is 1. The van der Waals surface area contributed by atoms with Crippen molar-refractivity contribution in [3.8, 4) is 0 Å². The van der Waals surface area contributed by atoms with Crippen molar-refractivity contribution < 1.29 is 9.18 Å². The van der Waals surface area contributed by atoms with E-state index in [1.165, 1.54) is 23.5 Å². The van der Waals surface area contributed by atoms with E-state index < -0.39 is 0 Å². The summed E-state index contributed by atoms with van der Waals surface area (Å²) in [4.78, 5) is 23.3. The summed E-state index contributed by atoms with van der Waals surface area (Å²) in [6.07, 6.45) is 1.64. The Morgan fingerprint density at radius 3 is 2.56 bits per heavy atom. The van der Waals surface area contributed by atoms with Crippen LogP contribution in [0.4, 0.5) is 10.2 Å². The molecule has 32 heavy (non-hydrogen) atoms. The Kier molecular flexibility index (Phi) is 5.57. The van der Waals surface area contributed by atoms with Gasteiger partial charge in [-0.1, -0.05) is 23.7 Å². The molecular formula is C23H21ClFN5OS. The molecule has 3 aromatic heterocycles. The normalized spacial score (nSPS) is 14.3. The van der Waals surface area contributed by atoms with Crippen molar-refractivity contribution >= 4 is 44.9 Å². The summed E-state index contributed by atoms with van der Waals surface area (Å²) in [5, 5.41) is 6.22. The molecule has 0 aliphatic carbocycles. The Morgan fingerprint density at radius 2 is 1.88 bits per heavy atom. The Hall–Kier alpha value is -2.97. The van der Waals surface area contributed by atoms with Crippen molar-refractivity contribution in [1.29, 1.82) is 0 Å². The maximum Gasteiger partial charge on any atom is 0.264 e. The van der Waals surface area contributed by atoms with Crippen LogP contribution < -0.4 is 4.90 Å². The molecule has 0 bridgehead atoms. The number of fused-ring (bicyclic) bond motifs is 1. The Balaban J connectivity index is 1.31. The van der Waals surface area contributed by atoms with Crippen LogP contribution in [0.5, 0.6) is 0 Å². The van der Waals surface area contributed by atoms with Crippen molar-refractivity contribution in [3.05, 3.63) is 75.6 Å². The van der Waals surface area contributed by atoms with E-state index in [0.29, 0.717) is 29.5 Å². The second-order valence-electron chi connectivity index (χ2n) is 7.81. The lowest BCUT2D eigenvalue weighted by molar-refractivity contribution is 0.0751. The van der Waals surface area contributed by atoms with E-state index in [1.807, 2.05) is 34.7 Å². The van der Waals surface area contributed by atoms with Crippen LogP contribution >= 0.6 is 22.9 Å². The highest BCUT2D eigenvalue weighted by atomic mass is 35.5. The summed E-state index contributed by atoms with van der Waals surface area (Å²) in [6.45, 7) is 5.20. The number of nitrogens with zero attached hydrogens (tertiary/aromatic N) is 5. The van der Waals surface area contributed by atoms with Crippen LogP contribution in [0, 0.1) is 12.7 Å².